The van der Waals surface area contributed by atoms with Crippen LogP contribution in [0.15, 0.2) is 23.1 Å². The van der Waals surface area contributed by atoms with E-state index < -0.39 is 5.97 Å². The number of rotatable bonds is 1. The van der Waals surface area contributed by atoms with Gasteiger partial charge in [0.15, 0.2) is 0 Å². The van der Waals surface area contributed by atoms with Crippen LogP contribution in [-0.4, -0.2) is 21.0 Å². The normalized spacial score (nSPS) is 10.5. The lowest BCUT2D eigenvalue weighted by atomic mass is 10.2. The van der Waals surface area contributed by atoms with E-state index >= 15 is 0 Å². The van der Waals surface area contributed by atoms with Gasteiger partial charge in [0.2, 0.25) is 5.56 Å². The molecule has 2 aromatic rings. The maximum atomic E-state index is 10.8. The summed E-state index contributed by atoms with van der Waals surface area (Å²) < 4.78 is 0. The fraction of sp³-hybridized carbons (Fsp3) is 0. The lowest BCUT2D eigenvalue weighted by Gasteiger charge is -1.89. The molecule has 0 saturated heterocycles. The molecule has 0 amide bonds. The Morgan fingerprint density at radius 1 is 1.38 bits per heavy atom. The second-order valence-electron chi connectivity index (χ2n) is 2.62. The Hall–Kier alpha value is -2.04. The molecule has 0 aliphatic carbocycles. The smallest absolute Gasteiger partial charge is 0.337 e. The predicted octanol–water partition coefficient (Wildman–Crippen LogP) is 0.554. The molecule has 66 valence electrons. The fourth-order valence-corrected chi connectivity index (χ4v) is 1.21. The number of aromatic carboxylic acids is 1. The minimum absolute atomic E-state index is 0.159. The molecule has 2 heterocycles. The summed E-state index contributed by atoms with van der Waals surface area (Å²) in [5.41, 5.74) is 0.336. The predicted molar refractivity (Wildman–Crippen MR) is 45.9 cm³/mol. The van der Waals surface area contributed by atoms with Crippen LogP contribution >= 0.6 is 0 Å². The zero-order chi connectivity index (χ0) is 9.42. The maximum Gasteiger partial charge on any atom is 0.337 e. The van der Waals surface area contributed by atoms with Gasteiger partial charge in [0.25, 0.3) is 0 Å². The van der Waals surface area contributed by atoms with Crippen molar-refractivity contribution in [1.29, 1.82) is 0 Å². The third-order valence-corrected chi connectivity index (χ3v) is 1.80. The van der Waals surface area contributed by atoms with Gasteiger partial charge in [-0.05, 0) is 6.07 Å². The highest BCUT2D eigenvalue weighted by atomic mass is 16.4. The van der Waals surface area contributed by atoms with E-state index in [1.54, 1.807) is 0 Å². The molecular formula is C8H6N2O3. The molecule has 2 aromatic heterocycles. The summed E-state index contributed by atoms with van der Waals surface area (Å²) >= 11 is 0. The summed E-state index contributed by atoms with van der Waals surface area (Å²) in [7, 11) is 0. The molecular weight excluding hydrogens is 172 g/mol. The van der Waals surface area contributed by atoms with Gasteiger partial charge in [0.05, 0.1) is 5.56 Å². The number of aromatic amines is 2. The van der Waals surface area contributed by atoms with Gasteiger partial charge < -0.3 is 15.1 Å². The molecule has 0 aliphatic heterocycles. The van der Waals surface area contributed by atoms with Crippen LogP contribution < -0.4 is 5.56 Å². The van der Waals surface area contributed by atoms with Crippen LogP contribution in [0.25, 0.3) is 11.0 Å². The first kappa shape index (κ1) is 7.60. The number of carbonyl (C=O) groups is 1. The number of hydrogen-bond donors (Lipinski definition) is 3. The zero-order valence-electron chi connectivity index (χ0n) is 6.50. The van der Waals surface area contributed by atoms with Crippen molar-refractivity contribution in [3.63, 3.8) is 0 Å². The number of nitrogens with one attached hydrogen (secondary N) is 2. The number of fused-ring (bicyclic) bond motifs is 1. The number of hydrogen-bond acceptors (Lipinski definition) is 2. The lowest BCUT2D eigenvalue weighted by Crippen LogP contribution is -2.02. The molecule has 0 unspecified atom stereocenters. The Morgan fingerprint density at radius 3 is 2.85 bits per heavy atom. The van der Waals surface area contributed by atoms with E-state index in [1.807, 2.05) is 0 Å². The minimum atomic E-state index is -1.02. The summed E-state index contributed by atoms with van der Waals surface area (Å²) in [6.07, 6.45) is 1.35. The Kier molecular flexibility index (Phi) is 1.45. The molecule has 0 fully saturated rings. The van der Waals surface area contributed by atoms with E-state index in [0.717, 1.165) is 0 Å². The SMILES string of the molecule is O=C(O)c1c[nH]c2[nH]c(=O)ccc12. The first-order chi connectivity index (χ1) is 6.18. The highest BCUT2D eigenvalue weighted by Gasteiger charge is 2.09. The lowest BCUT2D eigenvalue weighted by molar-refractivity contribution is 0.0699. The monoisotopic (exact) mass is 178 g/mol. The highest BCUT2D eigenvalue weighted by Crippen LogP contribution is 2.13. The molecule has 3 N–H and O–H groups in total. The number of H-pyrrole nitrogens is 2. The van der Waals surface area contributed by atoms with Crippen LogP contribution in [0.4, 0.5) is 0 Å². The Morgan fingerprint density at radius 2 is 2.15 bits per heavy atom. The first-order valence-corrected chi connectivity index (χ1v) is 3.62. The van der Waals surface area contributed by atoms with Crippen molar-refractivity contribution in [2.24, 2.45) is 0 Å². The minimum Gasteiger partial charge on any atom is -0.478 e. The van der Waals surface area contributed by atoms with Crippen molar-refractivity contribution < 1.29 is 9.90 Å². The van der Waals surface area contributed by atoms with Gasteiger partial charge in [0, 0.05) is 17.6 Å². The Bertz CT molecular complexity index is 523. The number of carboxylic acid groups (broad SMARTS) is 1. The Labute approximate surface area is 72.0 Å². The van der Waals surface area contributed by atoms with Crippen molar-refractivity contribution >= 4 is 17.0 Å². The topological polar surface area (TPSA) is 85.9 Å². The van der Waals surface area contributed by atoms with Crippen LogP contribution in [-0.2, 0) is 0 Å². The summed E-state index contributed by atoms with van der Waals surface area (Å²) in [5.74, 6) is -1.02. The molecule has 5 nitrogen and oxygen atoms in total. The fourth-order valence-electron chi connectivity index (χ4n) is 1.21. The van der Waals surface area contributed by atoms with Gasteiger partial charge in [-0.3, -0.25) is 4.79 Å². The third-order valence-electron chi connectivity index (χ3n) is 1.80. The maximum absolute atomic E-state index is 10.8. The van der Waals surface area contributed by atoms with Crippen LogP contribution in [0.2, 0.25) is 0 Å². The number of carboxylic acids is 1. The van der Waals surface area contributed by atoms with Crippen LogP contribution in [0.3, 0.4) is 0 Å². The molecule has 0 aliphatic rings. The Balaban J connectivity index is 2.83. The molecule has 0 aromatic carbocycles. The van der Waals surface area contributed by atoms with E-state index in [2.05, 4.69) is 9.97 Å². The summed E-state index contributed by atoms with van der Waals surface area (Å²) in [6, 6.07) is 2.77. The van der Waals surface area contributed by atoms with Crippen LogP contribution in [0.1, 0.15) is 10.4 Å². The molecule has 5 heteroatoms. The zero-order valence-corrected chi connectivity index (χ0v) is 6.50. The molecule has 13 heavy (non-hydrogen) atoms. The van der Waals surface area contributed by atoms with Gasteiger partial charge in [-0.1, -0.05) is 0 Å². The van der Waals surface area contributed by atoms with E-state index in [0.29, 0.717) is 11.0 Å². The molecule has 0 saturated carbocycles. The van der Waals surface area contributed by atoms with Crippen molar-refractivity contribution in [2.75, 3.05) is 0 Å². The molecule has 2 rings (SSSR count). The summed E-state index contributed by atoms with van der Waals surface area (Å²) in [5, 5.41) is 9.24. The molecule has 0 spiro atoms. The van der Waals surface area contributed by atoms with E-state index in [1.165, 1.54) is 18.3 Å². The average Bonchev–Trinajstić information content (AvgIpc) is 2.46. The van der Waals surface area contributed by atoms with Gasteiger partial charge >= 0.3 is 5.97 Å². The average molecular weight is 178 g/mol. The van der Waals surface area contributed by atoms with Crippen LogP contribution in [0.5, 0.6) is 0 Å². The molecule has 0 radical (unpaired) electrons. The van der Waals surface area contributed by atoms with Gasteiger partial charge in [0.1, 0.15) is 5.65 Å². The summed E-state index contributed by atoms with van der Waals surface area (Å²) in [6.45, 7) is 0. The van der Waals surface area contributed by atoms with Crippen molar-refractivity contribution in [3.05, 3.63) is 34.2 Å². The number of aromatic nitrogens is 2. The highest BCUT2D eigenvalue weighted by molar-refractivity contribution is 6.01. The largest absolute Gasteiger partial charge is 0.478 e. The summed E-state index contributed by atoms with van der Waals surface area (Å²) in [4.78, 5) is 26.7. The van der Waals surface area contributed by atoms with Crippen molar-refractivity contribution in [2.45, 2.75) is 0 Å². The van der Waals surface area contributed by atoms with E-state index in [9.17, 15) is 9.59 Å². The molecule has 0 bridgehead atoms. The first-order valence-electron chi connectivity index (χ1n) is 3.62. The van der Waals surface area contributed by atoms with E-state index in [4.69, 9.17) is 5.11 Å². The standard InChI is InChI=1S/C8H6N2O3/c11-6-2-1-4-5(8(12)13)3-9-7(4)10-6/h1-3H,(H,12,13)(H2,9,10,11). The van der Waals surface area contributed by atoms with Crippen LogP contribution in [0, 0.1) is 0 Å². The van der Waals surface area contributed by atoms with Crippen molar-refractivity contribution in [1.82, 2.24) is 9.97 Å². The second kappa shape index (κ2) is 2.48. The number of pyridine rings is 1. The second-order valence-corrected chi connectivity index (χ2v) is 2.62. The molecule has 0 atom stereocenters. The van der Waals surface area contributed by atoms with Gasteiger partial charge in [-0.2, -0.15) is 0 Å². The van der Waals surface area contributed by atoms with Gasteiger partial charge in [-0.15, -0.1) is 0 Å². The van der Waals surface area contributed by atoms with Crippen molar-refractivity contribution in [3.8, 4) is 0 Å². The van der Waals surface area contributed by atoms with Gasteiger partial charge in [-0.25, -0.2) is 4.79 Å². The third kappa shape index (κ3) is 1.10. The van der Waals surface area contributed by atoms with E-state index in [-0.39, 0.29) is 11.1 Å². The quantitative estimate of drug-likeness (QED) is 0.596.